The average Bonchev–Trinajstić information content (AvgIpc) is 3.15. The molecule has 2 unspecified atom stereocenters. The molecule has 0 fully saturated rings. The molecule has 0 bridgehead atoms. The Hall–Kier alpha value is -2.40. The van der Waals surface area contributed by atoms with Crippen molar-refractivity contribution >= 4 is 5.91 Å². The van der Waals surface area contributed by atoms with Crippen LogP contribution in [0.25, 0.3) is 0 Å². The summed E-state index contributed by atoms with van der Waals surface area (Å²) in [6.45, 7) is 0.571. The first kappa shape index (κ1) is 16.5. The molecule has 1 heterocycles. The fraction of sp³-hybridized carbons (Fsp3) is 0.368. The highest BCUT2D eigenvalue weighted by Crippen LogP contribution is 2.22. The van der Waals surface area contributed by atoms with Crippen molar-refractivity contribution in [1.82, 2.24) is 14.9 Å². The molecule has 0 radical (unpaired) electrons. The van der Waals surface area contributed by atoms with E-state index in [4.69, 9.17) is 0 Å². The summed E-state index contributed by atoms with van der Waals surface area (Å²) in [5.41, 5.74) is 1.84. The number of rotatable bonds is 6. The zero-order chi connectivity index (χ0) is 16.8. The third-order valence-electron chi connectivity index (χ3n) is 4.40. The van der Waals surface area contributed by atoms with Gasteiger partial charge in [-0.25, -0.2) is 4.98 Å². The number of benzene rings is 1. The molecule has 1 aromatic heterocycles. The minimum atomic E-state index is -1.06. The van der Waals surface area contributed by atoms with Crippen molar-refractivity contribution in [2.45, 2.75) is 44.4 Å². The van der Waals surface area contributed by atoms with E-state index in [1.54, 1.807) is 12.5 Å². The molecule has 5 nitrogen and oxygen atoms in total. The quantitative estimate of drug-likeness (QED) is 0.802. The van der Waals surface area contributed by atoms with E-state index in [9.17, 15) is 9.90 Å². The van der Waals surface area contributed by atoms with E-state index in [1.165, 1.54) is 0 Å². The second kappa shape index (κ2) is 7.93. The molecule has 3 rings (SSSR count). The zero-order valence-corrected chi connectivity index (χ0v) is 13.6. The lowest BCUT2D eigenvalue weighted by atomic mass is 9.94. The number of allylic oxidation sites excluding steroid dienone is 1. The molecule has 2 N–H and O–H groups in total. The second-order valence-corrected chi connectivity index (χ2v) is 6.16. The van der Waals surface area contributed by atoms with Crippen LogP contribution in [0.5, 0.6) is 0 Å². The van der Waals surface area contributed by atoms with Crippen molar-refractivity contribution < 1.29 is 9.90 Å². The van der Waals surface area contributed by atoms with Crippen LogP contribution in [0.2, 0.25) is 0 Å². The Morgan fingerprint density at radius 1 is 1.29 bits per heavy atom. The second-order valence-electron chi connectivity index (χ2n) is 6.16. The minimum Gasteiger partial charge on any atom is -0.379 e. The number of carbonyl (C=O) groups excluding carboxylic acids is 1. The number of aliphatic hydroxyl groups excluding tert-OH is 1. The van der Waals surface area contributed by atoms with Crippen LogP contribution < -0.4 is 5.32 Å². The largest absolute Gasteiger partial charge is 0.379 e. The Morgan fingerprint density at radius 2 is 2.12 bits per heavy atom. The smallest absolute Gasteiger partial charge is 0.253 e. The maximum Gasteiger partial charge on any atom is 0.253 e. The average molecular weight is 325 g/mol. The monoisotopic (exact) mass is 325 g/mol. The van der Waals surface area contributed by atoms with E-state index in [0.717, 1.165) is 36.8 Å². The molecule has 1 aromatic carbocycles. The Balaban J connectivity index is 1.73. The lowest BCUT2D eigenvalue weighted by molar-refractivity contribution is -0.128. The predicted molar refractivity (Wildman–Crippen MR) is 92.1 cm³/mol. The van der Waals surface area contributed by atoms with Crippen LogP contribution in [0.1, 0.15) is 37.3 Å². The van der Waals surface area contributed by atoms with Crippen LogP contribution in [0.4, 0.5) is 0 Å². The van der Waals surface area contributed by atoms with Gasteiger partial charge >= 0.3 is 0 Å². The van der Waals surface area contributed by atoms with Crippen molar-refractivity contribution in [2.75, 3.05) is 0 Å². The van der Waals surface area contributed by atoms with Gasteiger partial charge in [0.1, 0.15) is 0 Å². The number of carbonyl (C=O) groups is 1. The summed E-state index contributed by atoms with van der Waals surface area (Å²) in [4.78, 5) is 16.6. The number of aromatic nitrogens is 2. The van der Waals surface area contributed by atoms with Gasteiger partial charge in [-0.3, -0.25) is 4.79 Å². The van der Waals surface area contributed by atoms with Gasteiger partial charge in [-0.05, 0) is 36.8 Å². The molecule has 0 spiro atoms. The van der Waals surface area contributed by atoms with Crippen molar-refractivity contribution in [1.29, 1.82) is 0 Å². The molecular formula is C19H23N3O2. The lowest BCUT2D eigenvalue weighted by Crippen LogP contribution is -2.39. The van der Waals surface area contributed by atoms with Gasteiger partial charge in [-0.2, -0.15) is 0 Å². The molecular weight excluding hydrogens is 302 g/mol. The number of nitrogens with zero attached hydrogens (tertiary/aromatic N) is 2. The molecule has 0 aliphatic heterocycles. The highest BCUT2D eigenvalue weighted by molar-refractivity contribution is 5.84. The van der Waals surface area contributed by atoms with E-state index in [1.807, 2.05) is 47.2 Å². The zero-order valence-electron chi connectivity index (χ0n) is 13.6. The maximum absolute atomic E-state index is 12.5. The first-order chi connectivity index (χ1) is 11.7. The highest BCUT2D eigenvalue weighted by atomic mass is 16.3. The third kappa shape index (κ3) is 4.11. The predicted octanol–water partition coefficient (Wildman–Crippen LogP) is 2.60. The fourth-order valence-corrected chi connectivity index (χ4v) is 3.06. The van der Waals surface area contributed by atoms with E-state index < -0.39 is 6.10 Å². The molecule has 126 valence electrons. The van der Waals surface area contributed by atoms with Gasteiger partial charge in [0.15, 0.2) is 6.10 Å². The number of hydrogen-bond acceptors (Lipinski definition) is 3. The summed E-state index contributed by atoms with van der Waals surface area (Å²) in [6.07, 6.45) is 10.2. The Bertz CT molecular complexity index is 680. The molecule has 5 heteroatoms. The number of imidazole rings is 1. The number of aliphatic hydroxyl groups is 1. The van der Waals surface area contributed by atoms with Crippen LogP contribution in [0.15, 0.2) is 60.7 Å². The number of hydrogen-bond donors (Lipinski definition) is 2. The SMILES string of the molecule is O=C(NC(Cn1ccnc1)c1ccccc1)C(O)C1=CCCCC1. The molecule has 2 atom stereocenters. The van der Waals surface area contributed by atoms with E-state index in [0.29, 0.717) is 6.54 Å². The lowest BCUT2D eigenvalue weighted by Gasteiger charge is -2.23. The standard InChI is InChI=1S/C19H23N3O2/c23-18(16-9-5-2-6-10-16)19(24)21-17(13-22-12-11-20-14-22)15-7-3-1-4-8-15/h1,3-4,7-9,11-12,14,17-18,23H,2,5-6,10,13H2,(H,21,24). The van der Waals surface area contributed by atoms with Crippen molar-refractivity contribution in [3.63, 3.8) is 0 Å². The summed E-state index contributed by atoms with van der Waals surface area (Å²) in [5.74, 6) is -0.336. The highest BCUT2D eigenvalue weighted by Gasteiger charge is 2.24. The maximum atomic E-state index is 12.5. The molecule has 24 heavy (non-hydrogen) atoms. The Morgan fingerprint density at radius 3 is 2.79 bits per heavy atom. The van der Waals surface area contributed by atoms with Crippen molar-refractivity contribution in [3.8, 4) is 0 Å². The van der Waals surface area contributed by atoms with Gasteiger partial charge in [0, 0.05) is 18.9 Å². The number of nitrogens with one attached hydrogen (secondary N) is 1. The normalized spacial score (nSPS) is 17.0. The first-order valence-electron chi connectivity index (χ1n) is 8.42. The van der Waals surface area contributed by atoms with Gasteiger partial charge in [-0.15, -0.1) is 0 Å². The first-order valence-corrected chi connectivity index (χ1v) is 8.42. The van der Waals surface area contributed by atoms with Crippen LogP contribution in [-0.2, 0) is 11.3 Å². The van der Waals surface area contributed by atoms with Gasteiger partial charge in [0.2, 0.25) is 0 Å². The summed E-state index contributed by atoms with van der Waals surface area (Å²) < 4.78 is 1.92. The van der Waals surface area contributed by atoms with Gasteiger partial charge < -0.3 is 15.0 Å². The topological polar surface area (TPSA) is 67.2 Å². The molecule has 0 saturated carbocycles. The molecule has 2 aromatic rings. The molecule has 1 aliphatic carbocycles. The van der Waals surface area contributed by atoms with E-state index in [2.05, 4.69) is 10.3 Å². The van der Waals surface area contributed by atoms with Crippen LogP contribution in [0.3, 0.4) is 0 Å². The van der Waals surface area contributed by atoms with Crippen LogP contribution in [0, 0.1) is 0 Å². The summed E-state index contributed by atoms with van der Waals surface area (Å²) >= 11 is 0. The van der Waals surface area contributed by atoms with Crippen LogP contribution >= 0.6 is 0 Å². The minimum absolute atomic E-state index is 0.216. The summed E-state index contributed by atoms with van der Waals surface area (Å²) in [5, 5.41) is 13.4. The third-order valence-corrected chi connectivity index (χ3v) is 4.40. The van der Waals surface area contributed by atoms with Crippen LogP contribution in [-0.4, -0.2) is 26.7 Å². The fourth-order valence-electron chi connectivity index (χ4n) is 3.06. The molecule has 1 aliphatic rings. The number of amides is 1. The summed E-state index contributed by atoms with van der Waals surface area (Å²) in [6, 6.07) is 9.58. The van der Waals surface area contributed by atoms with E-state index in [-0.39, 0.29) is 11.9 Å². The van der Waals surface area contributed by atoms with Gasteiger partial charge in [-0.1, -0.05) is 36.4 Å². The Kier molecular flexibility index (Phi) is 5.43. The Labute approximate surface area is 142 Å². The molecule has 1 amide bonds. The summed E-state index contributed by atoms with van der Waals surface area (Å²) in [7, 11) is 0. The van der Waals surface area contributed by atoms with E-state index >= 15 is 0 Å². The van der Waals surface area contributed by atoms with Gasteiger partial charge in [0.05, 0.1) is 12.4 Å². The van der Waals surface area contributed by atoms with Gasteiger partial charge in [0.25, 0.3) is 5.91 Å². The van der Waals surface area contributed by atoms with Crippen molar-refractivity contribution in [3.05, 3.63) is 66.3 Å². The molecule has 0 saturated heterocycles. The van der Waals surface area contributed by atoms with Crippen molar-refractivity contribution in [2.24, 2.45) is 0 Å².